The third-order valence-electron chi connectivity index (χ3n) is 6.80. The maximum absolute atomic E-state index is 13.4. The van der Waals surface area contributed by atoms with Gasteiger partial charge in [0, 0.05) is 24.5 Å². The van der Waals surface area contributed by atoms with Crippen molar-refractivity contribution < 1.29 is 14.3 Å². The van der Waals surface area contributed by atoms with Gasteiger partial charge in [0.15, 0.2) is 0 Å². The van der Waals surface area contributed by atoms with Gasteiger partial charge in [-0.3, -0.25) is 4.79 Å². The first-order valence-electron chi connectivity index (χ1n) is 11.7. The Morgan fingerprint density at radius 1 is 0.844 bits per heavy atom. The average molecular weight is 436 g/mol. The van der Waals surface area contributed by atoms with E-state index >= 15 is 0 Å². The van der Waals surface area contributed by atoms with E-state index in [9.17, 15) is 9.59 Å². The van der Waals surface area contributed by atoms with Crippen LogP contribution in [0, 0.1) is 0 Å². The zero-order valence-electron chi connectivity index (χ0n) is 18.9. The van der Waals surface area contributed by atoms with Gasteiger partial charge in [0.25, 0.3) is 0 Å². The number of benzene rings is 2. The van der Waals surface area contributed by atoms with Crippen LogP contribution >= 0.6 is 0 Å². The van der Waals surface area contributed by atoms with E-state index in [1.807, 2.05) is 53.4 Å². The monoisotopic (exact) mass is 435 g/mol. The second-order valence-electron chi connectivity index (χ2n) is 8.88. The summed E-state index contributed by atoms with van der Waals surface area (Å²) >= 11 is 0. The Labute approximate surface area is 190 Å². The first kappa shape index (κ1) is 22.2. The summed E-state index contributed by atoms with van der Waals surface area (Å²) in [5.41, 5.74) is 1.94. The van der Waals surface area contributed by atoms with Gasteiger partial charge in [0.2, 0.25) is 5.91 Å². The van der Waals surface area contributed by atoms with Crippen LogP contribution < -0.4 is 15.4 Å². The first-order valence-corrected chi connectivity index (χ1v) is 11.7. The number of nitrogens with zero attached hydrogens (tertiary/aromatic N) is 1. The fourth-order valence-corrected chi connectivity index (χ4v) is 4.91. The summed E-state index contributed by atoms with van der Waals surface area (Å²) in [6.07, 6.45) is 8.23. The van der Waals surface area contributed by atoms with Crippen molar-refractivity contribution in [3.05, 3.63) is 54.1 Å². The minimum atomic E-state index is -0.534. The van der Waals surface area contributed by atoms with Crippen LogP contribution in [0.3, 0.4) is 0 Å². The van der Waals surface area contributed by atoms with E-state index in [2.05, 4.69) is 10.6 Å². The second-order valence-corrected chi connectivity index (χ2v) is 8.88. The number of anilines is 2. The summed E-state index contributed by atoms with van der Waals surface area (Å²) in [5, 5.41) is 6.09. The lowest BCUT2D eigenvalue weighted by Crippen LogP contribution is -2.38. The molecule has 2 N–H and O–H groups in total. The highest BCUT2D eigenvalue weighted by atomic mass is 16.5. The molecule has 1 saturated carbocycles. The third kappa shape index (κ3) is 4.90. The van der Waals surface area contributed by atoms with Gasteiger partial charge in [0.1, 0.15) is 5.75 Å². The number of ether oxygens (including phenoxy) is 1. The van der Waals surface area contributed by atoms with Crippen LogP contribution in [0.15, 0.2) is 48.5 Å². The molecule has 1 aliphatic carbocycles. The lowest BCUT2D eigenvalue weighted by molar-refractivity contribution is -0.121. The van der Waals surface area contributed by atoms with E-state index < -0.39 is 5.41 Å². The fourth-order valence-electron chi connectivity index (χ4n) is 4.91. The first-order chi connectivity index (χ1) is 15.6. The topological polar surface area (TPSA) is 70.7 Å². The van der Waals surface area contributed by atoms with Gasteiger partial charge in [-0.2, -0.15) is 0 Å². The minimum Gasteiger partial charge on any atom is -0.497 e. The van der Waals surface area contributed by atoms with Crippen LogP contribution in [-0.4, -0.2) is 37.0 Å². The highest BCUT2D eigenvalue weighted by molar-refractivity contribution is 5.99. The molecular weight excluding hydrogens is 402 g/mol. The Kier molecular flexibility index (Phi) is 6.98. The van der Waals surface area contributed by atoms with E-state index in [1.54, 1.807) is 7.11 Å². The van der Waals surface area contributed by atoms with E-state index in [-0.39, 0.29) is 11.9 Å². The predicted octanol–water partition coefficient (Wildman–Crippen LogP) is 5.55. The minimum absolute atomic E-state index is 0.0182. The third-order valence-corrected chi connectivity index (χ3v) is 6.80. The summed E-state index contributed by atoms with van der Waals surface area (Å²) in [5.74, 6) is 0.788. The molecule has 4 rings (SSSR count). The number of urea groups is 1. The Balaban J connectivity index is 1.42. The van der Waals surface area contributed by atoms with Gasteiger partial charge in [-0.25, -0.2) is 4.79 Å². The van der Waals surface area contributed by atoms with Gasteiger partial charge in [-0.15, -0.1) is 0 Å². The molecule has 0 aromatic heterocycles. The number of rotatable bonds is 5. The maximum atomic E-state index is 13.4. The Morgan fingerprint density at radius 2 is 1.47 bits per heavy atom. The van der Waals surface area contributed by atoms with Crippen LogP contribution in [-0.2, 0) is 10.2 Å². The molecule has 0 spiro atoms. The van der Waals surface area contributed by atoms with Crippen molar-refractivity contribution in [2.24, 2.45) is 0 Å². The standard InChI is InChI=1S/C26H33N3O3/c1-32-23-10-8-9-20(19-23)26(15-4-5-16-26)24(30)27-21-11-13-22(14-12-21)28-25(31)29-17-6-2-3-7-18-29/h8-14,19H,2-7,15-18H2,1H3,(H,27,30)(H,28,31). The molecule has 6 nitrogen and oxygen atoms in total. The molecule has 1 saturated heterocycles. The molecule has 2 fully saturated rings. The second kappa shape index (κ2) is 10.1. The number of methoxy groups -OCH3 is 1. The van der Waals surface area contributed by atoms with Gasteiger partial charge >= 0.3 is 6.03 Å². The fraction of sp³-hybridized carbons (Fsp3) is 0.462. The number of amides is 3. The Hall–Kier alpha value is -3.02. The van der Waals surface area contributed by atoms with Crippen LogP contribution in [0.2, 0.25) is 0 Å². The number of hydrogen-bond acceptors (Lipinski definition) is 3. The molecule has 1 aliphatic heterocycles. The largest absolute Gasteiger partial charge is 0.497 e. The number of carbonyl (C=O) groups is 2. The molecule has 32 heavy (non-hydrogen) atoms. The van der Waals surface area contributed by atoms with Crippen molar-refractivity contribution in [2.75, 3.05) is 30.8 Å². The molecule has 2 aliphatic rings. The molecule has 2 aromatic carbocycles. The number of likely N-dealkylation sites (tertiary alicyclic amines) is 1. The summed E-state index contributed by atoms with van der Waals surface area (Å²) in [4.78, 5) is 27.8. The molecule has 170 valence electrons. The highest BCUT2D eigenvalue weighted by Crippen LogP contribution is 2.43. The maximum Gasteiger partial charge on any atom is 0.321 e. The van der Waals surface area contributed by atoms with E-state index in [4.69, 9.17) is 4.74 Å². The van der Waals surface area contributed by atoms with Gasteiger partial charge in [-0.1, -0.05) is 37.8 Å². The average Bonchev–Trinajstić information content (AvgIpc) is 3.17. The normalized spacial score (nSPS) is 18.0. The summed E-state index contributed by atoms with van der Waals surface area (Å²) in [6.45, 7) is 1.62. The van der Waals surface area contributed by atoms with Crippen LogP contribution in [0.25, 0.3) is 0 Å². The van der Waals surface area contributed by atoms with Gasteiger partial charge < -0.3 is 20.3 Å². The van der Waals surface area contributed by atoms with Crippen molar-refractivity contribution in [1.82, 2.24) is 4.90 Å². The lowest BCUT2D eigenvalue weighted by atomic mass is 9.78. The van der Waals surface area contributed by atoms with Crippen molar-refractivity contribution in [1.29, 1.82) is 0 Å². The zero-order valence-corrected chi connectivity index (χ0v) is 18.9. The molecule has 1 heterocycles. The summed E-state index contributed by atoms with van der Waals surface area (Å²) in [7, 11) is 1.65. The Bertz CT molecular complexity index is 928. The van der Waals surface area contributed by atoms with E-state index in [1.165, 1.54) is 12.8 Å². The SMILES string of the molecule is COc1cccc(C2(C(=O)Nc3ccc(NC(=O)N4CCCCCC4)cc3)CCCC2)c1. The predicted molar refractivity (Wildman–Crippen MR) is 127 cm³/mol. The quantitative estimate of drug-likeness (QED) is 0.646. The molecular formula is C26H33N3O3. The number of nitrogens with one attached hydrogen (secondary N) is 2. The van der Waals surface area contributed by atoms with Gasteiger partial charge in [0.05, 0.1) is 12.5 Å². The summed E-state index contributed by atoms with van der Waals surface area (Å²) < 4.78 is 5.38. The zero-order chi connectivity index (χ0) is 22.4. The molecule has 0 unspecified atom stereocenters. The van der Waals surface area contributed by atoms with Crippen molar-refractivity contribution >= 4 is 23.3 Å². The lowest BCUT2D eigenvalue weighted by Gasteiger charge is -2.28. The molecule has 0 bridgehead atoms. The molecule has 2 aromatic rings. The molecule has 0 atom stereocenters. The van der Waals surface area contributed by atoms with Crippen molar-refractivity contribution in [3.63, 3.8) is 0 Å². The van der Waals surface area contributed by atoms with Crippen LogP contribution in [0.5, 0.6) is 5.75 Å². The van der Waals surface area contributed by atoms with Crippen LogP contribution in [0.1, 0.15) is 56.9 Å². The highest BCUT2D eigenvalue weighted by Gasteiger charge is 2.42. The van der Waals surface area contributed by atoms with E-state index in [0.29, 0.717) is 0 Å². The van der Waals surface area contributed by atoms with Crippen molar-refractivity contribution in [2.45, 2.75) is 56.8 Å². The van der Waals surface area contributed by atoms with Crippen LogP contribution in [0.4, 0.5) is 16.2 Å². The van der Waals surface area contributed by atoms with Gasteiger partial charge in [-0.05, 0) is 67.6 Å². The molecule has 6 heteroatoms. The van der Waals surface area contributed by atoms with E-state index in [0.717, 1.165) is 74.3 Å². The number of carbonyl (C=O) groups excluding carboxylic acids is 2. The summed E-state index contributed by atoms with van der Waals surface area (Å²) in [6, 6.07) is 15.2. The Morgan fingerprint density at radius 3 is 2.09 bits per heavy atom. The molecule has 3 amide bonds. The van der Waals surface area contributed by atoms with Crippen molar-refractivity contribution in [3.8, 4) is 5.75 Å². The number of hydrogen-bond donors (Lipinski definition) is 2. The smallest absolute Gasteiger partial charge is 0.321 e. The molecule has 0 radical (unpaired) electrons.